The third-order valence-corrected chi connectivity index (χ3v) is 5.88. The molecule has 0 aliphatic heterocycles. The van der Waals surface area contributed by atoms with Gasteiger partial charge in [0.1, 0.15) is 12.1 Å². The molecule has 0 saturated heterocycles. The standard InChI is InChI=1S/C28H34N4O3/c1-19(2)16-25(31-20(3)33)28(35)32(4)26(17-21-10-6-5-7-11-21)27(34)29-15-14-22-18-30-24-13-9-8-12-23(22)24/h5-15,18-19,25-26,30H,16-17H2,1-4H3,(H,29,34)(H,31,33)/b15-14-/t25-,26?/m1/s1. The van der Waals surface area contributed by atoms with E-state index in [0.717, 1.165) is 22.0 Å². The first-order valence-electron chi connectivity index (χ1n) is 11.9. The van der Waals surface area contributed by atoms with Gasteiger partial charge >= 0.3 is 0 Å². The molecule has 2 aromatic carbocycles. The number of carbonyl (C=O) groups is 3. The van der Waals surface area contributed by atoms with Gasteiger partial charge in [0.2, 0.25) is 17.7 Å². The lowest BCUT2D eigenvalue weighted by atomic mass is 10.00. The van der Waals surface area contributed by atoms with E-state index in [-0.39, 0.29) is 23.6 Å². The molecule has 2 atom stereocenters. The summed E-state index contributed by atoms with van der Waals surface area (Å²) >= 11 is 0. The highest BCUT2D eigenvalue weighted by atomic mass is 16.2. The van der Waals surface area contributed by atoms with E-state index in [4.69, 9.17) is 0 Å². The number of fused-ring (bicyclic) bond motifs is 1. The van der Waals surface area contributed by atoms with Crippen LogP contribution in [0.2, 0.25) is 0 Å². The average Bonchev–Trinajstić information content (AvgIpc) is 3.24. The molecule has 184 valence electrons. The summed E-state index contributed by atoms with van der Waals surface area (Å²) in [4.78, 5) is 43.1. The van der Waals surface area contributed by atoms with Crippen LogP contribution < -0.4 is 10.6 Å². The van der Waals surface area contributed by atoms with Crippen LogP contribution >= 0.6 is 0 Å². The molecule has 3 aromatic rings. The van der Waals surface area contributed by atoms with Crippen LogP contribution in [0.15, 0.2) is 67.0 Å². The number of benzene rings is 2. The van der Waals surface area contributed by atoms with Crippen molar-refractivity contribution < 1.29 is 14.4 Å². The number of aromatic amines is 1. The summed E-state index contributed by atoms with van der Waals surface area (Å²) in [5, 5.41) is 6.65. The lowest BCUT2D eigenvalue weighted by molar-refractivity contribution is -0.141. The van der Waals surface area contributed by atoms with Gasteiger partial charge in [-0.05, 0) is 30.0 Å². The van der Waals surface area contributed by atoms with Crippen LogP contribution in [0, 0.1) is 5.92 Å². The van der Waals surface area contributed by atoms with E-state index in [2.05, 4.69) is 15.6 Å². The van der Waals surface area contributed by atoms with Gasteiger partial charge in [0.15, 0.2) is 0 Å². The maximum atomic E-state index is 13.4. The summed E-state index contributed by atoms with van der Waals surface area (Å²) in [6.45, 7) is 5.38. The maximum absolute atomic E-state index is 13.4. The van der Waals surface area contributed by atoms with Gasteiger partial charge in [-0.15, -0.1) is 0 Å². The van der Waals surface area contributed by atoms with Crippen molar-refractivity contribution in [3.05, 3.63) is 78.1 Å². The molecule has 0 saturated carbocycles. The molecular formula is C28H34N4O3. The Hall–Kier alpha value is -3.87. The van der Waals surface area contributed by atoms with E-state index < -0.39 is 12.1 Å². The van der Waals surface area contributed by atoms with Gasteiger partial charge in [-0.25, -0.2) is 0 Å². The first kappa shape index (κ1) is 25.7. The number of aromatic nitrogens is 1. The molecule has 0 radical (unpaired) electrons. The number of nitrogens with one attached hydrogen (secondary N) is 3. The van der Waals surface area contributed by atoms with Crippen LogP contribution in [0.4, 0.5) is 0 Å². The average molecular weight is 475 g/mol. The van der Waals surface area contributed by atoms with E-state index >= 15 is 0 Å². The first-order chi connectivity index (χ1) is 16.8. The molecule has 7 heteroatoms. The minimum Gasteiger partial charge on any atom is -0.361 e. The monoisotopic (exact) mass is 474 g/mol. The summed E-state index contributed by atoms with van der Waals surface area (Å²) in [6.07, 6.45) is 6.16. The van der Waals surface area contributed by atoms with Gasteiger partial charge < -0.3 is 20.5 Å². The zero-order valence-corrected chi connectivity index (χ0v) is 20.7. The molecule has 0 spiro atoms. The van der Waals surface area contributed by atoms with Crippen molar-refractivity contribution in [1.82, 2.24) is 20.5 Å². The van der Waals surface area contributed by atoms with Crippen molar-refractivity contribution in [2.75, 3.05) is 7.05 Å². The SMILES string of the molecule is CC(=O)N[C@H](CC(C)C)C(=O)N(C)C(Cc1ccccc1)C(=O)N/C=C\c1c[nH]c2ccccc12. The van der Waals surface area contributed by atoms with Crippen molar-refractivity contribution in [1.29, 1.82) is 0 Å². The Morgan fingerprint density at radius 2 is 1.71 bits per heavy atom. The summed E-state index contributed by atoms with van der Waals surface area (Å²) in [6, 6.07) is 16.1. The second-order valence-electron chi connectivity index (χ2n) is 9.17. The molecule has 3 N–H and O–H groups in total. The molecule has 0 bridgehead atoms. The minimum absolute atomic E-state index is 0.199. The Morgan fingerprint density at radius 3 is 2.40 bits per heavy atom. The maximum Gasteiger partial charge on any atom is 0.247 e. The van der Waals surface area contributed by atoms with Gasteiger partial charge in [-0.2, -0.15) is 0 Å². The van der Waals surface area contributed by atoms with Crippen molar-refractivity contribution in [2.45, 2.75) is 45.7 Å². The highest BCUT2D eigenvalue weighted by Gasteiger charge is 2.32. The molecule has 1 aromatic heterocycles. The van der Waals surface area contributed by atoms with E-state index in [1.807, 2.05) is 80.7 Å². The lowest BCUT2D eigenvalue weighted by Gasteiger charge is -2.31. The Labute approximate surface area is 206 Å². The molecule has 7 nitrogen and oxygen atoms in total. The second-order valence-corrected chi connectivity index (χ2v) is 9.17. The topological polar surface area (TPSA) is 94.3 Å². The smallest absolute Gasteiger partial charge is 0.247 e. The number of nitrogens with zero attached hydrogens (tertiary/aromatic N) is 1. The highest BCUT2D eigenvalue weighted by molar-refractivity contribution is 5.93. The van der Waals surface area contributed by atoms with E-state index in [0.29, 0.717) is 12.8 Å². The zero-order chi connectivity index (χ0) is 25.4. The number of likely N-dealkylation sites (N-methyl/N-ethyl adjacent to an activating group) is 1. The van der Waals surface area contributed by atoms with Crippen LogP contribution in [0.5, 0.6) is 0 Å². The molecule has 1 heterocycles. The largest absolute Gasteiger partial charge is 0.361 e. The molecule has 1 unspecified atom stereocenters. The van der Waals surface area contributed by atoms with Crippen LogP contribution in [0.1, 0.15) is 38.3 Å². The number of rotatable bonds is 10. The fraction of sp³-hybridized carbons (Fsp3) is 0.321. The molecular weight excluding hydrogens is 440 g/mol. The number of hydrogen-bond acceptors (Lipinski definition) is 3. The number of para-hydroxylation sites is 1. The number of H-pyrrole nitrogens is 1. The van der Waals surface area contributed by atoms with Gasteiger partial charge in [-0.1, -0.05) is 62.4 Å². The summed E-state index contributed by atoms with van der Waals surface area (Å²) in [5.41, 5.74) is 2.90. The summed E-state index contributed by atoms with van der Waals surface area (Å²) in [5.74, 6) is -0.662. The van der Waals surface area contributed by atoms with E-state index in [9.17, 15) is 14.4 Å². The molecule has 35 heavy (non-hydrogen) atoms. The zero-order valence-electron chi connectivity index (χ0n) is 20.7. The van der Waals surface area contributed by atoms with Gasteiger partial charge in [-0.3, -0.25) is 14.4 Å². The predicted octanol–water partition coefficient (Wildman–Crippen LogP) is 3.88. The Balaban J connectivity index is 1.80. The van der Waals surface area contributed by atoms with Crippen LogP contribution in [0.25, 0.3) is 17.0 Å². The Morgan fingerprint density at radius 1 is 1.03 bits per heavy atom. The fourth-order valence-electron chi connectivity index (χ4n) is 4.12. The van der Waals surface area contributed by atoms with Crippen molar-refractivity contribution in [2.24, 2.45) is 5.92 Å². The fourth-order valence-corrected chi connectivity index (χ4v) is 4.12. The first-order valence-corrected chi connectivity index (χ1v) is 11.9. The minimum atomic E-state index is -0.749. The summed E-state index contributed by atoms with van der Waals surface area (Å²) < 4.78 is 0. The van der Waals surface area contributed by atoms with Gasteiger partial charge in [0.25, 0.3) is 0 Å². The normalized spacial score (nSPS) is 13.1. The van der Waals surface area contributed by atoms with Gasteiger partial charge in [0, 0.05) is 49.3 Å². The number of carbonyl (C=O) groups excluding carboxylic acids is 3. The van der Waals surface area contributed by atoms with Crippen molar-refractivity contribution >= 4 is 34.7 Å². The third kappa shape index (κ3) is 7.06. The molecule has 3 amide bonds. The van der Waals surface area contributed by atoms with Crippen molar-refractivity contribution in [3.8, 4) is 0 Å². The lowest BCUT2D eigenvalue weighted by Crippen LogP contribution is -2.54. The van der Waals surface area contributed by atoms with Crippen LogP contribution in [-0.2, 0) is 20.8 Å². The molecule has 0 aliphatic rings. The quantitative estimate of drug-likeness (QED) is 0.416. The van der Waals surface area contributed by atoms with Crippen molar-refractivity contribution in [3.63, 3.8) is 0 Å². The third-order valence-electron chi connectivity index (χ3n) is 5.88. The van der Waals surface area contributed by atoms with E-state index in [1.54, 1.807) is 13.2 Å². The Bertz CT molecular complexity index is 1180. The van der Waals surface area contributed by atoms with E-state index in [1.165, 1.54) is 11.8 Å². The number of amides is 3. The molecule has 0 fully saturated rings. The summed E-state index contributed by atoms with van der Waals surface area (Å²) in [7, 11) is 1.62. The Kier molecular flexibility index (Phi) is 8.84. The molecule has 0 aliphatic carbocycles. The number of hydrogen-bond donors (Lipinski definition) is 3. The highest BCUT2D eigenvalue weighted by Crippen LogP contribution is 2.19. The second kappa shape index (κ2) is 12.0. The predicted molar refractivity (Wildman–Crippen MR) is 139 cm³/mol. The van der Waals surface area contributed by atoms with Crippen LogP contribution in [0.3, 0.4) is 0 Å². The van der Waals surface area contributed by atoms with Crippen LogP contribution in [-0.4, -0.2) is 46.7 Å². The molecule has 3 rings (SSSR count). The van der Waals surface area contributed by atoms with Gasteiger partial charge in [0.05, 0.1) is 0 Å².